The van der Waals surface area contributed by atoms with E-state index in [1.807, 2.05) is 30.3 Å². The van der Waals surface area contributed by atoms with Gasteiger partial charge in [0.2, 0.25) is 5.89 Å². The first kappa shape index (κ1) is 12.8. The second kappa shape index (κ2) is 5.06. The van der Waals surface area contributed by atoms with Gasteiger partial charge in [0.15, 0.2) is 5.82 Å². The Labute approximate surface area is 117 Å². The standard InChI is InChI=1S/C15H16N4O/c1-11-18-14(20-19-11)9-17-13-7-15(8-13,10-16)12-5-3-2-4-6-12/h2-6,13,17H,7-9H2,1H3. The number of benzene rings is 1. The lowest BCUT2D eigenvalue weighted by atomic mass is 9.62. The van der Waals surface area contributed by atoms with Gasteiger partial charge in [0.1, 0.15) is 0 Å². The van der Waals surface area contributed by atoms with Gasteiger partial charge in [-0.1, -0.05) is 35.5 Å². The Kier molecular flexibility index (Phi) is 3.25. The third-order valence-corrected chi connectivity index (χ3v) is 3.84. The second-order valence-corrected chi connectivity index (χ2v) is 5.28. The minimum absolute atomic E-state index is 0.321. The highest BCUT2D eigenvalue weighted by atomic mass is 16.5. The van der Waals surface area contributed by atoms with Crippen LogP contribution >= 0.6 is 0 Å². The van der Waals surface area contributed by atoms with Crippen molar-refractivity contribution in [2.24, 2.45) is 0 Å². The summed E-state index contributed by atoms with van der Waals surface area (Å²) >= 11 is 0. The lowest BCUT2D eigenvalue weighted by Crippen LogP contribution is -2.50. The molecule has 1 aromatic carbocycles. The van der Waals surface area contributed by atoms with Crippen molar-refractivity contribution in [3.63, 3.8) is 0 Å². The predicted octanol–water partition coefficient (Wildman–Crippen LogP) is 2.09. The zero-order valence-electron chi connectivity index (χ0n) is 11.3. The zero-order chi connectivity index (χ0) is 14.0. The van der Waals surface area contributed by atoms with Gasteiger partial charge >= 0.3 is 0 Å². The summed E-state index contributed by atoms with van der Waals surface area (Å²) in [5, 5.41) is 16.6. The summed E-state index contributed by atoms with van der Waals surface area (Å²) in [4.78, 5) is 4.15. The SMILES string of the molecule is Cc1noc(CNC2CC(C#N)(c3ccccc3)C2)n1. The number of nitrogens with one attached hydrogen (secondary N) is 1. The van der Waals surface area contributed by atoms with Crippen molar-refractivity contribution in [1.29, 1.82) is 5.26 Å². The second-order valence-electron chi connectivity index (χ2n) is 5.28. The molecule has 5 heteroatoms. The summed E-state index contributed by atoms with van der Waals surface area (Å²) in [5.41, 5.74) is 0.762. The van der Waals surface area contributed by atoms with Crippen molar-refractivity contribution >= 4 is 0 Å². The molecule has 0 bridgehead atoms. The predicted molar refractivity (Wildman–Crippen MR) is 72.6 cm³/mol. The van der Waals surface area contributed by atoms with E-state index in [0.717, 1.165) is 18.4 Å². The molecular weight excluding hydrogens is 252 g/mol. The third kappa shape index (κ3) is 2.30. The summed E-state index contributed by atoms with van der Waals surface area (Å²) in [6, 6.07) is 12.8. The number of hydrogen-bond donors (Lipinski definition) is 1. The van der Waals surface area contributed by atoms with Gasteiger partial charge in [-0.25, -0.2) is 0 Å². The first-order valence-electron chi connectivity index (χ1n) is 6.71. The molecule has 0 atom stereocenters. The fourth-order valence-electron chi connectivity index (χ4n) is 2.72. The van der Waals surface area contributed by atoms with Gasteiger partial charge < -0.3 is 9.84 Å². The van der Waals surface area contributed by atoms with Crippen LogP contribution in [0.15, 0.2) is 34.9 Å². The van der Waals surface area contributed by atoms with Crippen LogP contribution in [0.3, 0.4) is 0 Å². The van der Waals surface area contributed by atoms with Gasteiger partial charge in [0.25, 0.3) is 0 Å². The number of aromatic nitrogens is 2. The first-order valence-corrected chi connectivity index (χ1v) is 6.71. The van der Waals surface area contributed by atoms with Gasteiger partial charge in [-0.2, -0.15) is 10.2 Å². The van der Waals surface area contributed by atoms with Crippen LogP contribution in [0.25, 0.3) is 0 Å². The van der Waals surface area contributed by atoms with Crippen LogP contribution in [0.1, 0.15) is 30.1 Å². The molecule has 1 saturated carbocycles. The van der Waals surface area contributed by atoms with E-state index >= 15 is 0 Å². The minimum atomic E-state index is -0.344. The van der Waals surface area contributed by atoms with Crippen LogP contribution in [0.2, 0.25) is 0 Å². The smallest absolute Gasteiger partial charge is 0.240 e. The van der Waals surface area contributed by atoms with Crippen molar-refractivity contribution in [1.82, 2.24) is 15.5 Å². The molecule has 1 N–H and O–H groups in total. The van der Waals surface area contributed by atoms with Crippen LogP contribution in [0, 0.1) is 18.3 Å². The van der Waals surface area contributed by atoms with E-state index in [9.17, 15) is 5.26 Å². The Bertz CT molecular complexity index is 623. The third-order valence-electron chi connectivity index (χ3n) is 3.84. The van der Waals surface area contributed by atoms with Gasteiger partial charge in [-0.3, -0.25) is 0 Å². The quantitative estimate of drug-likeness (QED) is 0.919. The summed E-state index contributed by atoms with van der Waals surface area (Å²) in [6.07, 6.45) is 1.64. The molecule has 0 aliphatic heterocycles. The van der Waals surface area contributed by atoms with Crippen molar-refractivity contribution in [2.45, 2.75) is 37.8 Å². The van der Waals surface area contributed by atoms with Crippen LogP contribution < -0.4 is 5.32 Å². The molecule has 3 rings (SSSR count). The van der Waals surface area contributed by atoms with Crippen molar-refractivity contribution < 1.29 is 4.52 Å². The highest BCUT2D eigenvalue weighted by Gasteiger charge is 2.45. The van der Waals surface area contributed by atoms with E-state index in [4.69, 9.17) is 4.52 Å². The van der Waals surface area contributed by atoms with Crippen molar-refractivity contribution in [2.75, 3.05) is 0 Å². The average Bonchev–Trinajstić information content (AvgIpc) is 2.85. The molecule has 102 valence electrons. The average molecular weight is 268 g/mol. The van der Waals surface area contributed by atoms with Gasteiger partial charge in [0.05, 0.1) is 18.0 Å². The topological polar surface area (TPSA) is 74.7 Å². The van der Waals surface area contributed by atoms with E-state index in [0.29, 0.717) is 24.3 Å². The van der Waals surface area contributed by atoms with E-state index in [2.05, 4.69) is 21.5 Å². The maximum absolute atomic E-state index is 9.48. The van der Waals surface area contributed by atoms with Gasteiger partial charge in [-0.05, 0) is 25.3 Å². The number of hydrogen-bond acceptors (Lipinski definition) is 5. The number of nitriles is 1. The Morgan fingerprint density at radius 2 is 2.15 bits per heavy atom. The normalized spacial score (nSPS) is 24.9. The fourth-order valence-corrected chi connectivity index (χ4v) is 2.72. The Morgan fingerprint density at radius 1 is 1.40 bits per heavy atom. The lowest BCUT2D eigenvalue weighted by Gasteiger charge is -2.43. The summed E-state index contributed by atoms with van der Waals surface area (Å²) in [7, 11) is 0. The van der Waals surface area contributed by atoms with Crippen molar-refractivity contribution in [3.05, 3.63) is 47.6 Å². The number of aryl methyl sites for hydroxylation is 1. The van der Waals surface area contributed by atoms with E-state index < -0.39 is 0 Å². The molecule has 1 aliphatic rings. The summed E-state index contributed by atoms with van der Waals surface area (Å²) in [6.45, 7) is 2.36. The fraction of sp³-hybridized carbons (Fsp3) is 0.400. The van der Waals surface area contributed by atoms with Gasteiger partial charge in [-0.15, -0.1) is 0 Å². The molecule has 1 aliphatic carbocycles. The molecule has 2 aromatic rings. The molecule has 1 aromatic heterocycles. The monoisotopic (exact) mass is 268 g/mol. The van der Waals surface area contributed by atoms with Crippen LogP contribution in [-0.2, 0) is 12.0 Å². The number of nitrogens with zero attached hydrogens (tertiary/aromatic N) is 3. The maximum Gasteiger partial charge on any atom is 0.240 e. The molecule has 5 nitrogen and oxygen atoms in total. The molecule has 0 spiro atoms. The Hall–Kier alpha value is -2.19. The molecule has 20 heavy (non-hydrogen) atoms. The molecule has 0 saturated heterocycles. The van der Waals surface area contributed by atoms with E-state index in [-0.39, 0.29) is 5.41 Å². The minimum Gasteiger partial charge on any atom is -0.338 e. The molecule has 1 heterocycles. The van der Waals surface area contributed by atoms with Crippen molar-refractivity contribution in [3.8, 4) is 6.07 Å². The molecule has 0 amide bonds. The summed E-state index contributed by atoms with van der Waals surface area (Å²) in [5.74, 6) is 1.24. The highest BCUT2D eigenvalue weighted by Crippen LogP contribution is 2.43. The van der Waals surface area contributed by atoms with E-state index in [1.165, 1.54) is 0 Å². The Morgan fingerprint density at radius 3 is 2.75 bits per heavy atom. The van der Waals surface area contributed by atoms with Crippen LogP contribution in [0.5, 0.6) is 0 Å². The lowest BCUT2D eigenvalue weighted by molar-refractivity contribution is 0.217. The molecular formula is C15H16N4O. The molecule has 1 fully saturated rings. The van der Waals surface area contributed by atoms with E-state index in [1.54, 1.807) is 6.92 Å². The van der Waals surface area contributed by atoms with Crippen LogP contribution in [0.4, 0.5) is 0 Å². The largest absolute Gasteiger partial charge is 0.338 e. The first-order chi connectivity index (χ1) is 9.72. The molecule has 0 unspecified atom stereocenters. The molecule has 0 radical (unpaired) electrons. The van der Waals surface area contributed by atoms with Crippen LogP contribution in [-0.4, -0.2) is 16.2 Å². The van der Waals surface area contributed by atoms with Gasteiger partial charge in [0, 0.05) is 6.04 Å². The Balaban J connectivity index is 1.58. The summed E-state index contributed by atoms with van der Waals surface area (Å²) < 4.78 is 5.06. The zero-order valence-corrected chi connectivity index (χ0v) is 11.3. The highest BCUT2D eigenvalue weighted by molar-refractivity contribution is 5.36. The number of rotatable bonds is 4. The maximum atomic E-state index is 9.48.